The maximum Gasteiger partial charge on any atom is 0.268 e. The zero-order valence-corrected chi connectivity index (χ0v) is 23.6. The van der Waals surface area contributed by atoms with E-state index in [-0.39, 0.29) is 17.2 Å². The van der Waals surface area contributed by atoms with Gasteiger partial charge in [-0.25, -0.2) is 0 Å². The van der Waals surface area contributed by atoms with Gasteiger partial charge in [-0.05, 0) is 76.4 Å². The highest BCUT2D eigenvalue weighted by Crippen LogP contribution is 2.52. The van der Waals surface area contributed by atoms with Gasteiger partial charge in [-0.3, -0.25) is 14.6 Å². The molecule has 4 heterocycles. The van der Waals surface area contributed by atoms with E-state index >= 15 is 0 Å². The molecule has 0 radical (unpaired) electrons. The number of amides is 2. The third kappa shape index (κ3) is 5.30. The van der Waals surface area contributed by atoms with Crippen molar-refractivity contribution in [1.29, 1.82) is 0 Å². The van der Waals surface area contributed by atoms with Crippen LogP contribution in [-0.4, -0.2) is 54.5 Å². The van der Waals surface area contributed by atoms with Crippen molar-refractivity contribution in [2.24, 2.45) is 17.8 Å². The molecule has 1 aromatic carbocycles. The molecule has 0 N–H and O–H groups in total. The van der Waals surface area contributed by atoms with Crippen molar-refractivity contribution in [1.82, 2.24) is 9.88 Å². The quantitative estimate of drug-likeness (QED) is 0.389. The predicted molar refractivity (Wildman–Crippen MR) is 155 cm³/mol. The number of fused-ring (bicyclic) bond motifs is 1. The van der Waals surface area contributed by atoms with Crippen LogP contribution in [0.4, 0.5) is 5.69 Å². The number of aromatic nitrogens is 1. The van der Waals surface area contributed by atoms with Crippen LogP contribution in [-0.2, 0) is 10.2 Å². The lowest BCUT2D eigenvalue weighted by Gasteiger charge is -2.26. The van der Waals surface area contributed by atoms with E-state index < -0.39 is 0 Å². The molecule has 2 fully saturated rings. The van der Waals surface area contributed by atoms with E-state index in [0.29, 0.717) is 37.5 Å². The summed E-state index contributed by atoms with van der Waals surface area (Å²) in [6, 6.07) is 15.9. The number of ether oxygens (including phenoxy) is 1. The van der Waals surface area contributed by atoms with Crippen LogP contribution < -0.4 is 4.90 Å². The lowest BCUT2D eigenvalue weighted by Crippen LogP contribution is -2.36. The van der Waals surface area contributed by atoms with Gasteiger partial charge >= 0.3 is 0 Å². The lowest BCUT2D eigenvalue weighted by molar-refractivity contribution is 0.0766. The molecule has 7 heteroatoms. The highest BCUT2D eigenvalue weighted by Gasteiger charge is 2.57. The molecule has 1 aliphatic carbocycles. The normalized spacial score (nSPS) is 22.3. The van der Waals surface area contributed by atoms with E-state index in [1.165, 1.54) is 22.5 Å². The molecule has 2 aliphatic heterocycles. The molecule has 2 amide bonds. The Kier molecular flexibility index (Phi) is 6.89. The molecule has 2 atom stereocenters. The summed E-state index contributed by atoms with van der Waals surface area (Å²) in [7, 11) is 0. The summed E-state index contributed by atoms with van der Waals surface area (Å²) in [5.41, 5.74) is 5.00. The molecule has 39 heavy (non-hydrogen) atoms. The second kappa shape index (κ2) is 10.4. The Morgan fingerprint density at radius 2 is 1.85 bits per heavy atom. The molecular formula is C32H35N3O3S. The first kappa shape index (κ1) is 26.0. The second-order valence-electron chi connectivity index (χ2n) is 11.9. The van der Waals surface area contributed by atoms with Gasteiger partial charge in [0.05, 0.1) is 35.7 Å². The number of hydrogen-bond donors (Lipinski definition) is 0. The van der Waals surface area contributed by atoms with Crippen LogP contribution in [0.3, 0.4) is 0 Å². The molecule has 0 bridgehead atoms. The number of piperidine rings is 1. The number of pyridine rings is 1. The van der Waals surface area contributed by atoms with E-state index in [4.69, 9.17) is 9.72 Å². The molecule has 2 aromatic heterocycles. The topological polar surface area (TPSA) is 62.7 Å². The van der Waals surface area contributed by atoms with Gasteiger partial charge < -0.3 is 14.5 Å². The van der Waals surface area contributed by atoms with Gasteiger partial charge in [0.25, 0.3) is 11.8 Å². The van der Waals surface area contributed by atoms with Crippen LogP contribution in [0.1, 0.15) is 58.5 Å². The van der Waals surface area contributed by atoms with Crippen LogP contribution in [0, 0.1) is 17.8 Å². The molecule has 6 rings (SSSR count). The van der Waals surface area contributed by atoms with Gasteiger partial charge in [-0.15, -0.1) is 11.3 Å². The number of benzene rings is 1. The molecule has 1 saturated heterocycles. The molecular weight excluding hydrogens is 506 g/mol. The number of rotatable bonds is 6. The molecule has 3 aromatic rings. The van der Waals surface area contributed by atoms with Crippen LogP contribution in [0.5, 0.6) is 0 Å². The Balaban J connectivity index is 1.13. The van der Waals surface area contributed by atoms with Gasteiger partial charge in [0.1, 0.15) is 0 Å². The largest absolute Gasteiger partial charge is 0.377 e. The number of carbonyl (C=O) groups is 2. The first-order valence-electron chi connectivity index (χ1n) is 13.8. The minimum atomic E-state index is 0.0154. The van der Waals surface area contributed by atoms with Crippen molar-refractivity contribution >= 4 is 34.4 Å². The van der Waals surface area contributed by atoms with Crippen molar-refractivity contribution in [3.63, 3.8) is 0 Å². The number of hydrogen-bond acceptors (Lipinski definition) is 5. The van der Waals surface area contributed by atoms with Gasteiger partial charge in [-0.1, -0.05) is 45.0 Å². The zero-order valence-electron chi connectivity index (χ0n) is 22.8. The third-order valence-corrected chi connectivity index (χ3v) is 9.24. The van der Waals surface area contributed by atoms with Crippen molar-refractivity contribution < 1.29 is 14.3 Å². The van der Waals surface area contributed by atoms with Crippen molar-refractivity contribution in [3.8, 4) is 0 Å². The maximum absolute atomic E-state index is 13.5. The van der Waals surface area contributed by atoms with E-state index in [0.717, 1.165) is 41.3 Å². The lowest BCUT2D eigenvalue weighted by atomic mass is 9.86. The van der Waals surface area contributed by atoms with Gasteiger partial charge in [0, 0.05) is 25.2 Å². The van der Waals surface area contributed by atoms with E-state index in [2.05, 4.69) is 39.0 Å². The Hall–Kier alpha value is -3.29. The van der Waals surface area contributed by atoms with Gasteiger partial charge in [0.15, 0.2) is 0 Å². The van der Waals surface area contributed by atoms with Gasteiger partial charge in [-0.2, -0.15) is 0 Å². The number of anilines is 1. The fourth-order valence-corrected chi connectivity index (χ4v) is 6.60. The summed E-state index contributed by atoms with van der Waals surface area (Å²) in [5, 5.41) is 1.94. The van der Waals surface area contributed by atoms with Crippen molar-refractivity contribution in [2.45, 2.75) is 32.6 Å². The van der Waals surface area contributed by atoms with E-state index in [9.17, 15) is 9.59 Å². The summed E-state index contributed by atoms with van der Waals surface area (Å²) in [6.07, 6.45) is 4.76. The summed E-state index contributed by atoms with van der Waals surface area (Å²) >= 11 is 1.47. The van der Waals surface area contributed by atoms with Crippen LogP contribution in [0.15, 0.2) is 66.2 Å². The fraction of sp³-hybridized carbons (Fsp3) is 0.406. The molecule has 0 spiro atoms. The molecule has 3 aliphatic rings. The fourth-order valence-electron chi connectivity index (χ4n) is 5.93. The number of thiophene rings is 1. The van der Waals surface area contributed by atoms with Crippen LogP contribution in [0.2, 0.25) is 0 Å². The number of likely N-dealkylation sites (tertiary alicyclic amines) is 1. The minimum absolute atomic E-state index is 0.0154. The second-order valence-corrected chi connectivity index (χ2v) is 12.8. The highest BCUT2D eigenvalue weighted by atomic mass is 32.1. The van der Waals surface area contributed by atoms with Crippen LogP contribution >= 0.6 is 11.3 Å². The summed E-state index contributed by atoms with van der Waals surface area (Å²) in [4.78, 5) is 36.1. The number of nitrogens with zero attached hydrogens (tertiary/aromatic N) is 3. The Morgan fingerprint density at radius 1 is 1.08 bits per heavy atom. The van der Waals surface area contributed by atoms with E-state index in [1.807, 2.05) is 57.8 Å². The predicted octanol–water partition coefficient (Wildman–Crippen LogP) is 5.91. The standard InChI is InChI=1S/C32H35N3O3S/c1-32(2,3)23-8-6-22(7-9-23)30(36)34-18-25-26(19-34)27(25)20-35(31(37)29-5-4-16-39-29)24-10-11-28(33-17-24)21-12-14-38-15-13-21/h4-12,16-17,25-27H,13-15,18-20H2,1-3H3. The zero-order chi connectivity index (χ0) is 27.1. The van der Waals surface area contributed by atoms with Gasteiger partial charge in [0.2, 0.25) is 0 Å². The van der Waals surface area contributed by atoms with Crippen molar-refractivity contribution in [2.75, 3.05) is 37.7 Å². The highest BCUT2D eigenvalue weighted by molar-refractivity contribution is 7.12. The van der Waals surface area contributed by atoms with Crippen molar-refractivity contribution in [3.05, 3.63) is 87.9 Å². The monoisotopic (exact) mass is 541 g/mol. The summed E-state index contributed by atoms with van der Waals surface area (Å²) in [6.45, 7) is 10.0. The SMILES string of the molecule is CC(C)(C)c1ccc(C(=O)N2CC3C(C2)C3CN(C(=O)c2cccs2)c2ccc(C3=CCOCC3)nc2)cc1. The Bertz CT molecular complexity index is 1360. The summed E-state index contributed by atoms with van der Waals surface area (Å²) in [5.74, 6) is 1.37. The first-order chi connectivity index (χ1) is 18.8. The molecule has 1 saturated carbocycles. The Morgan fingerprint density at radius 3 is 2.44 bits per heavy atom. The maximum atomic E-state index is 13.5. The van der Waals surface area contributed by atoms with Crippen LogP contribution in [0.25, 0.3) is 5.57 Å². The third-order valence-electron chi connectivity index (χ3n) is 8.38. The smallest absolute Gasteiger partial charge is 0.268 e. The minimum Gasteiger partial charge on any atom is -0.377 e. The first-order valence-corrected chi connectivity index (χ1v) is 14.7. The van der Waals surface area contributed by atoms with E-state index in [1.54, 1.807) is 0 Å². The summed E-state index contributed by atoms with van der Waals surface area (Å²) < 4.78 is 5.43. The average Bonchev–Trinajstić information content (AvgIpc) is 3.33. The Labute approximate surface area is 234 Å². The molecule has 202 valence electrons. The molecule has 6 nitrogen and oxygen atoms in total. The number of carbonyl (C=O) groups excluding carboxylic acids is 2. The average molecular weight is 542 g/mol. The molecule has 2 unspecified atom stereocenters.